The monoisotopic (exact) mass is 289 g/mol. The molecule has 0 spiro atoms. The predicted octanol–water partition coefficient (Wildman–Crippen LogP) is 3.18. The molecule has 0 radical (unpaired) electrons. The first-order chi connectivity index (χ1) is 9.70. The zero-order chi connectivity index (χ0) is 14.4. The van der Waals surface area contributed by atoms with E-state index in [4.69, 9.17) is 11.6 Å². The number of hydrogen-bond acceptors (Lipinski definition) is 3. The minimum atomic E-state index is -0.111. The van der Waals surface area contributed by atoms with E-state index in [1.165, 1.54) is 0 Å². The molecule has 0 N–H and O–H groups in total. The summed E-state index contributed by atoms with van der Waals surface area (Å²) in [5, 5.41) is 8.30. The summed E-state index contributed by atoms with van der Waals surface area (Å²) in [6.07, 6.45) is 2.43. The Balaban J connectivity index is 2.17. The van der Waals surface area contributed by atoms with Crippen LogP contribution in [-0.2, 0) is 6.54 Å². The van der Waals surface area contributed by atoms with Crippen molar-refractivity contribution in [3.05, 3.63) is 58.9 Å². The Bertz CT molecular complexity index is 574. The van der Waals surface area contributed by atoms with E-state index in [0.29, 0.717) is 23.8 Å². The first kappa shape index (κ1) is 14.5. The number of benzene rings is 1. The highest BCUT2D eigenvalue weighted by Gasteiger charge is 2.16. The minimum Gasteiger partial charge on any atom is -0.333 e. The standard InChI is InChI=1S/C15H16ClN3O/c1-2-9-19(11-12-5-3-6-13(16)10-12)15(20)14-7-4-8-17-18-14/h3-8,10H,2,9,11H2,1H3. The normalized spacial score (nSPS) is 10.3. The number of rotatable bonds is 5. The molecule has 0 fully saturated rings. The number of nitrogens with zero attached hydrogens (tertiary/aromatic N) is 3. The van der Waals surface area contributed by atoms with Gasteiger partial charge in [-0.1, -0.05) is 30.7 Å². The van der Waals surface area contributed by atoms with Gasteiger partial charge in [0.1, 0.15) is 0 Å². The molecule has 0 aliphatic heterocycles. The first-order valence-corrected chi connectivity index (χ1v) is 6.90. The lowest BCUT2D eigenvalue weighted by Crippen LogP contribution is -2.32. The van der Waals surface area contributed by atoms with E-state index < -0.39 is 0 Å². The molecule has 2 rings (SSSR count). The fourth-order valence-electron chi connectivity index (χ4n) is 1.96. The molecule has 0 unspecified atom stereocenters. The van der Waals surface area contributed by atoms with Gasteiger partial charge in [0.25, 0.3) is 5.91 Å². The maximum atomic E-state index is 12.4. The highest BCUT2D eigenvalue weighted by molar-refractivity contribution is 6.30. The maximum absolute atomic E-state index is 12.4. The third kappa shape index (κ3) is 3.78. The lowest BCUT2D eigenvalue weighted by Gasteiger charge is -2.21. The number of carbonyl (C=O) groups is 1. The molecule has 0 saturated heterocycles. The largest absolute Gasteiger partial charge is 0.333 e. The van der Waals surface area contributed by atoms with Crippen molar-refractivity contribution in [3.63, 3.8) is 0 Å². The van der Waals surface area contributed by atoms with Gasteiger partial charge < -0.3 is 4.90 Å². The van der Waals surface area contributed by atoms with Gasteiger partial charge in [0.15, 0.2) is 5.69 Å². The van der Waals surface area contributed by atoms with E-state index in [2.05, 4.69) is 10.2 Å². The van der Waals surface area contributed by atoms with Gasteiger partial charge in [-0.05, 0) is 36.2 Å². The van der Waals surface area contributed by atoms with Crippen molar-refractivity contribution in [2.45, 2.75) is 19.9 Å². The quantitative estimate of drug-likeness (QED) is 0.849. The molecule has 0 atom stereocenters. The molecule has 1 amide bonds. The molecule has 4 nitrogen and oxygen atoms in total. The summed E-state index contributed by atoms with van der Waals surface area (Å²) in [4.78, 5) is 14.2. The van der Waals surface area contributed by atoms with E-state index in [9.17, 15) is 4.79 Å². The minimum absolute atomic E-state index is 0.111. The van der Waals surface area contributed by atoms with E-state index in [1.807, 2.05) is 31.2 Å². The van der Waals surface area contributed by atoms with Crippen molar-refractivity contribution in [1.82, 2.24) is 15.1 Å². The van der Waals surface area contributed by atoms with Crippen LogP contribution in [0, 0.1) is 0 Å². The Morgan fingerprint density at radius 2 is 2.15 bits per heavy atom. The fraction of sp³-hybridized carbons (Fsp3) is 0.267. The number of aromatic nitrogens is 2. The summed E-state index contributed by atoms with van der Waals surface area (Å²) in [7, 11) is 0. The van der Waals surface area contributed by atoms with Gasteiger partial charge in [0, 0.05) is 24.3 Å². The van der Waals surface area contributed by atoms with E-state index in [-0.39, 0.29) is 5.91 Å². The number of halogens is 1. The first-order valence-electron chi connectivity index (χ1n) is 6.52. The van der Waals surface area contributed by atoms with Crippen LogP contribution in [0.25, 0.3) is 0 Å². The van der Waals surface area contributed by atoms with Crippen LogP contribution in [0.1, 0.15) is 29.4 Å². The average molecular weight is 290 g/mol. The Hall–Kier alpha value is -1.94. The SMILES string of the molecule is CCCN(Cc1cccc(Cl)c1)C(=O)c1cccnn1. The smallest absolute Gasteiger partial charge is 0.274 e. The summed E-state index contributed by atoms with van der Waals surface area (Å²) >= 11 is 5.98. The fourth-order valence-corrected chi connectivity index (χ4v) is 2.17. The summed E-state index contributed by atoms with van der Waals surface area (Å²) in [5.74, 6) is -0.111. The lowest BCUT2D eigenvalue weighted by molar-refractivity contribution is 0.0736. The summed E-state index contributed by atoms with van der Waals surface area (Å²) < 4.78 is 0. The van der Waals surface area contributed by atoms with Crippen LogP contribution < -0.4 is 0 Å². The third-order valence-electron chi connectivity index (χ3n) is 2.83. The topological polar surface area (TPSA) is 46.1 Å². The number of carbonyl (C=O) groups excluding carboxylic acids is 1. The average Bonchev–Trinajstić information content (AvgIpc) is 2.47. The highest BCUT2D eigenvalue weighted by atomic mass is 35.5. The van der Waals surface area contributed by atoms with E-state index >= 15 is 0 Å². The van der Waals surface area contributed by atoms with Crippen molar-refractivity contribution in [2.24, 2.45) is 0 Å². The molecule has 0 aliphatic carbocycles. The second-order valence-corrected chi connectivity index (χ2v) is 4.90. The van der Waals surface area contributed by atoms with Gasteiger partial charge in [0.05, 0.1) is 0 Å². The molecule has 0 saturated carbocycles. The molecule has 0 bridgehead atoms. The van der Waals surface area contributed by atoms with E-state index in [0.717, 1.165) is 12.0 Å². The lowest BCUT2D eigenvalue weighted by atomic mass is 10.2. The second kappa shape index (κ2) is 7.01. The van der Waals surface area contributed by atoms with Gasteiger partial charge in [-0.2, -0.15) is 5.10 Å². The predicted molar refractivity (Wildman–Crippen MR) is 78.5 cm³/mol. The summed E-state index contributed by atoms with van der Waals surface area (Å²) in [6, 6.07) is 10.9. The van der Waals surface area contributed by atoms with Crippen LogP contribution in [0.4, 0.5) is 0 Å². The van der Waals surface area contributed by atoms with Crippen LogP contribution in [0.5, 0.6) is 0 Å². The van der Waals surface area contributed by atoms with Crippen LogP contribution in [0.15, 0.2) is 42.6 Å². The van der Waals surface area contributed by atoms with Crippen molar-refractivity contribution < 1.29 is 4.79 Å². The third-order valence-corrected chi connectivity index (χ3v) is 3.07. The number of amides is 1. The summed E-state index contributed by atoms with van der Waals surface area (Å²) in [5.41, 5.74) is 1.37. The second-order valence-electron chi connectivity index (χ2n) is 4.47. The van der Waals surface area contributed by atoms with Crippen molar-refractivity contribution in [1.29, 1.82) is 0 Å². The van der Waals surface area contributed by atoms with Crippen LogP contribution in [0.3, 0.4) is 0 Å². The number of hydrogen-bond donors (Lipinski definition) is 0. The molecule has 1 aromatic heterocycles. The Labute approximate surface area is 123 Å². The van der Waals surface area contributed by atoms with E-state index in [1.54, 1.807) is 23.2 Å². The van der Waals surface area contributed by atoms with Crippen LogP contribution in [-0.4, -0.2) is 27.5 Å². The van der Waals surface area contributed by atoms with Crippen molar-refractivity contribution >= 4 is 17.5 Å². The zero-order valence-corrected chi connectivity index (χ0v) is 12.0. The Morgan fingerprint density at radius 3 is 2.80 bits per heavy atom. The molecular formula is C15H16ClN3O. The van der Waals surface area contributed by atoms with Gasteiger partial charge in [-0.25, -0.2) is 0 Å². The molecular weight excluding hydrogens is 274 g/mol. The molecule has 104 valence electrons. The molecule has 5 heteroatoms. The molecule has 2 aromatic rings. The molecule has 1 heterocycles. The van der Waals surface area contributed by atoms with Crippen LogP contribution in [0.2, 0.25) is 5.02 Å². The van der Waals surface area contributed by atoms with Crippen LogP contribution >= 0.6 is 11.6 Å². The summed E-state index contributed by atoms with van der Waals surface area (Å²) in [6.45, 7) is 3.22. The van der Waals surface area contributed by atoms with Crippen molar-refractivity contribution in [2.75, 3.05) is 6.54 Å². The van der Waals surface area contributed by atoms with Crippen molar-refractivity contribution in [3.8, 4) is 0 Å². The molecule has 1 aromatic carbocycles. The highest BCUT2D eigenvalue weighted by Crippen LogP contribution is 2.14. The molecule has 20 heavy (non-hydrogen) atoms. The zero-order valence-electron chi connectivity index (χ0n) is 11.3. The van der Waals surface area contributed by atoms with Gasteiger partial charge in [-0.15, -0.1) is 5.10 Å². The van der Waals surface area contributed by atoms with Gasteiger partial charge in [0.2, 0.25) is 0 Å². The Morgan fingerprint density at radius 1 is 1.30 bits per heavy atom. The molecule has 0 aliphatic rings. The maximum Gasteiger partial charge on any atom is 0.274 e. The van der Waals surface area contributed by atoms with Gasteiger partial charge in [-0.3, -0.25) is 4.79 Å². The van der Waals surface area contributed by atoms with Gasteiger partial charge >= 0.3 is 0 Å². The Kier molecular flexibility index (Phi) is 5.07.